The smallest absolute Gasteiger partial charge is 0.313 e. The van der Waals surface area contributed by atoms with Gasteiger partial charge in [-0.05, 0) is 19.3 Å². The highest BCUT2D eigenvalue weighted by Gasteiger charge is 2.24. The molecule has 0 bridgehead atoms. The van der Waals surface area contributed by atoms with E-state index in [2.05, 4.69) is 20.8 Å². The lowest BCUT2D eigenvalue weighted by Crippen LogP contribution is -1.93. The molecule has 0 unspecified atom stereocenters. The summed E-state index contributed by atoms with van der Waals surface area (Å²) < 4.78 is 20.1. The minimum absolute atomic E-state index is 0.687. The summed E-state index contributed by atoms with van der Waals surface area (Å²) in [6.07, 6.45) is 53.6. The topological polar surface area (TPSA) is 26.3 Å². The van der Waals surface area contributed by atoms with E-state index >= 15 is 0 Å². The molecule has 0 aliphatic rings. The Labute approximate surface area is 325 Å². The van der Waals surface area contributed by atoms with Crippen LogP contribution >= 0.6 is 28.5 Å². The monoisotopic (exact) mass is 761 g/mol. The Kier molecular flexibility index (Phi) is 45.1. The normalized spacial score (nSPS) is 12.0. The fourth-order valence-corrected chi connectivity index (χ4v) is 13.9. The number of unbranched alkanes of at least 4 members (excludes halogenated alkanes) is 36. The van der Waals surface area contributed by atoms with Crippen LogP contribution in [-0.2, 0) is 9.09 Å². The molecule has 5 heteroatoms. The zero-order valence-corrected chi connectivity index (χ0v) is 37.3. The van der Waals surface area contributed by atoms with Crippen molar-refractivity contribution in [1.82, 2.24) is 0 Å². The van der Waals surface area contributed by atoms with Crippen molar-refractivity contribution in [2.45, 2.75) is 271 Å². The second kappa shape index (κ2) is 44.3. The van der Waals surface area contributed by atoms with Crippen molar-refractivity contribution in [1.29, 1.82) is 0 Å². The van der Waals surface area contributed by atoms with Crippen LogP contribution in [0.2, 0.25) is 0 Å². The van der Waals surface area contributed by atoms with Gasteiger partial charge in [-0.15, -0.1) is 0 Å². The van der Waals surface area contributed by atoms with Gasteiger partial charge >= 0.3 is 5.77 Å². The lowest BCUT2D eigenvalue weighted by atomic mass is 10.0. The van der Waals surface area contributed by atoms with Crippen molar-refractivity contribution >= 4 is 28.5 Å². The van der Waals surface area contributed by atoms with Gasteiger partial charge in [0.2, 0.25) is 0 Å². The standard InChI is InChI=1S/C45H93O2PS2/c1-4-7-10-13-16-19-22-25-28-31-34-37-40-43-47-48(46,49-44-41-38-35-32-29-26-23-20-17-14-11-8-5-2)50-45-42-39-36-33-30-27-24-21-18-15-12-9-6-3/h4-45H2,1-3H3. The van der Waals surface area contributed by atoms with E-state index in [9.17, 15) is 4.57 Å². The van der Waals surface area contributed by atoms with E-state index in [1.165, 1.54) is 244 Å². The van der Waals surface area contributed by atoms with Crippen LogP contribution in [-0.4, -0.2) is 18.1 Å². The van der Waals surface area contributed by atoms with E-state index in [4.69, 9.17) is 4.52 Å². The Morgan fingerprint density at radius 2 is 0.500 bits per heavy atom. The van der Waals surface area contributed by atoms with Crippen molar-refractivity contribution in [2.75, 3.05) is 18.1 Å². The summed E-state index contributed by atoms with van der Waals surface area (Å²) in [5.41, 5.74) is 0. The molecule has 0 amide bonds. The van der Waals surface area contributed by atoms with Gasteiger partial charge in [0.25, 0.3) is 0 Å². The summed E-state index contributed by atoms with van der Waals surface area (Å²) >= 11 is 3.35. The molecular formula is C45H93O2PS2. The van der Waals surface area contributed by atoms with Gasteiger partial charge in [0, 0.05) is 11.5 Å². The maximum absolute atomic E-state index is 13.9. The average molecular weight is 761 g/mol. The van der Waals surface area contributed by atoms with Crippen LogP contribution in [0.15, 0.2) is 0 Å². The average Bonchev–Trinajstić information content (AvgIpc) is 3.12. The van der Waals surface area contributed by atoms with Crippen molar-refractivity contribution in [3.63, 3.8) is 0 Å². The SMILES string of the molecule is CCCCCCCCCCCCCCCOP(=O)(SCCCCCCCCCCCCCCC)SCCCCCCCCCCCCCCC. The Hall–Kier alpha value is 0.890. The molecule has 0 heterocycles. The van der Waals surface area contributed by atoms with Crippen LogP contribution in [0.5, 0.6) is 0 Å². The van der Waals surface area contributed by atoms with E-state index in [0.29, 0.717) is 6.61 Å². The van der Waals surface area contributed by atoms with Gasteiger partial charge in [-0.3, -0.25) is 4.57 Å². The summed E-state index contributed by atoms with van der Waals surface area (Å²) in [4.78, 5) is 0. The van der Waals surface area contributed by atoms with Crippen molar-refractivity contribution in [3.8, 4) is 0 Å². The zero-order chi connectivity index (χ0) is 36.3. The van der Waals surface area contributed by atoms with Gasteiger partial charge in [-0.25, -0.2) is 0 Å². The Morgan fingerprint density at radius 1 is 0.300 bits per heavy atom. The first kappa shape index (κ1) is 50.9. The third kappa shape index (κ3) is 41.6. The fourth-order valence-electron chi connectivity index (χ4n) is 7.00. The molecule has 0 N–H and O–H groups in total. The highest BCUT2D eigenvalue weighted by atomic mass is 33.1. The molecule has 2 nitrogen and oxygen atoms in total. The van der Waals surface area contributed by atoms with E-state index < -0.39 is 5.77 Å². The number of hydrogen-bond donors (Lipinski definition) is 0. The molecule has 0 aliphatic heterocycles. The lowest BCUT2D eigenvalue weighted by molar-refractivity contribution is 0.321. The van der Waals surface area contributed by atoms with Crippen LogP contribution in [0.4, 0.5) is 0 Å². The Bertz CT molecular complexity index is 575. The number of rotatable bonds is 45. The quantitative estimate of drug-likeness (QED) is 0.0456. The Balaban J connectivity index is 4.08. The molecule has 0 fully saturated rings. The Morgan fingerprint density at radius 3 is 0.740 bits per heavy atom. The predicted molar refractivity (Wildman–Crippen MR) is 236 cm³/mol. The van der Waals surface area contributed by atoms with Gasteiger partial charge in [0.05, 0.1) is 6.61 Å². The first-order valence-electron chi connectivity index (χ1n) is 23.2. The molecule has 0 aliphatic carbocycles. The van der Waals surface area contributed by atoms with Crippen molar-refractivity contribution in [3.05, 3.63) is 0 Å². The largest absolute Gasteiger partial charge is 0.314 e. The molecule has 0 aromatic heterocycles. The van der Waals surface area contributed by atoms with Crippen LogP contribution < -0.4 is 0 Å². The molecule has 0 aromatic carbocycles. The van der Waals surface area contributed by atoms with Crippen LogP contribution in [0.25, 0.3) is 0 Å². The molecule has 0 saturated heterocycles. The summed E-state index contributed by atoms with van der Waals surface area (Å²) in [6, 6.07) is 0. The predicted octanol–water partition coefficient (Wildman–Crippen LogP) is 18.9. The maximum atomic E-state index is 13.9. The first-order valence-corrected chi connectivity index (χ1v) is 28.0. The van der Waals surface area contributed by atoms with Gasteiger partial charge < -0.3 is 4.52 Å². The third-order valence-corrected chi connectivity index (χ3v) is 18.1. The second-order valence-corrected chi connectivity index (χ2v) is 23.3. The molecule has 302 valence electrons. The third-order valence-electron chi connectivity index (χ3n) is 10.5. The lowest BCUT2D eigenvalue weighted by Gasteiger charge is -2.17. The zero-order valence-electron chi connectivity index (χ0n) is 34.8. The highest BCUT2D eigenvalue weighted by molar-refractivity contribution is 8.89. The van der Waals surface area contributed by atoms with Crippen molar-refractivity contribution in [2.24, 2.45) is 0 Å². The summed E-state index contributed by atoms with van der Waals surface area (Å²) in [5, 5.41) is 0. The molecule has 0 atom stereocenters. The second-order valence-electron chi connectivity index (χ2n) is 15.7. The molecule has 0 saturated carbocycles. The van der Waals surface area contributed by atoms with E-state index in [1.807, 2.05) is 0 Å². The molecule has 0 rings (SSSR count). The number of hydrogen-bond acceptors (Lipinski definition) is 4. The van der Waals surface area contributed by atoms with E-state index in [-0.39, 0.29) is 0 Å². The summed E-state index contributed by atoms with van der Waals surface area (Å²) in [7, 11) is 0. The minimum atomic E-state index is -2.64. The van der Waals surface area contributed by atoms with Crippen LogP contribution in [0, 0.1) is 0 Å². The highest BCUT2D eigenvalue weighted by Crippen LogP contribution is 2.70. The van der Waals surface area contributed by atoms with E-state index in [0.717, 1.165) is 17.9 Å². The van der Waals surface area contributed by atoms with Crippen LogP contribution in [0.1, 0.15) is 271 Å². The molecular weight excluding hydrogens is 668 g/mol. The minimum Gasteiger partial charge on any atom is -0.314 e. The molecule has 0 aromatic rings. The van der Waals surface area contributed by atoms with Gasteiger partial charge in [0.15, 0.2) is 0 Å². The first-order chi connectivity index (χ1) is 24.7. The summed E-state index contributed by atoms with van der Waals surface area (Å²) in [6.45, 7) is 7.58. The van der Waals surface area contributed by atoms with Gasteiger partial charge in [-0.1, -0.05) is 275 Å². The van der Waals surface area contributed by atoms with Gasteiger partial charge in [-0.2, -0.15) is 0 Å². The molecule has 50 heavy (non-hydrogen) atoms. The fraction of sp³-hybridized carbons (Fsp3) is 1.00. The summed E-state index contributed by atoms with van der Waals surface area (Å²) in [5.74, 6) is -0.641. The van der Waals surface area contributed by atoms with E-state index in [1.54, 1.807) is 22.8 Å². The van der Waals surface area contributed by atoms with Crippen molar-refractivity contribution < 1.29 is 9.09 Å². The molecule has 0 radical (unpaired) electrons. The van der Waals surface area contributed by atoms with Gasteiger partial charge in [0.1, 0.15) is 0 Å². The van der Waals surface area contributed by atoms with Crippen LogP contribution in [0.3, 0.4) is 0 Å². The maximum Gasteiger partial charge on any atom is 0.313 e. The molecule has 0 spiro atoms.